The molecule has 0 saturated heterocycles. The van der Waals surface area contributed by atoms with Gasteiger partial charge in [-0.3, -0.25) is 4.79 Å². The summed E-state index contributed by atoms with van der Waals surface area (Å²) in [6.45, 7) is 2.62. The predicted molar refractivity (Wildman–Crippen MR) is 138 cm³/mol. The summed E-state index contributed by atoms with van der Waals surface area (Å²) in [5, 5.41) is 5.60. The minimum atomic E-state index is -0.432. The van der Waals surface area contributed by atoms with Crippen LogP contribution in [0.15, 0.2) is 72.8 Å². The van der Waals surface area contributed by atoms with Gasteiger partial charge in [0, 0.05) is 24.7 Å². The van der Waals surface area contributed by atoms with Crippen LogP contribution in [-0.2, 0) is 11.3 Å². The van der Waals surface area contributed by atoms with Crippen LogP contribution in [-0.4, -0.2) is 40.8 Å². The van der Waals surface area contributed by atoms with E-state index in [9.17, 15) is 9.18 Å². The summed E-state index contributed by atoms with van der Waals surface area (Å²) >= 11 is 12.4. The molecule has 4 aromatic rings. The number of ether oxygens (including phenoxy) is 2. The zero-order chi connectivity index (χ0) is 25.7. The number of aryl methyl sites for hydroxylation is 1. The molecule has 1 heterocycles. The third-order valence-electron chi connectivity index (χ3n) is 5.52. The van der Waals surface area contributed by atoms with Crippen molar-refractivity contribution in [2.24, 2.45) is 0 Å². The number of carbonyl (C=O) groups is 1. The van der Waals surface area contributed by atoms with Gasteiger partial charge < -0.3 is 14.4 Å². The lowest BCUT2D eigenvalue weighted by atomic mass is 10.1. The zero-order valence-corrected chi connectivity index (χ0v) is 21.3. The Hall–Kier alpha value is -3.39. The second kappa shape index (κ2) is 11.6. The first-order chi connectivity index (χ1) is 17.4. The highest BCUT2D eigenvalue weighted by Gasteiger charge is 2.25. The third kappa shape index (κ3) is 5.87. The van der Waals surface area contributed by atoms with Gasteiger partial charge in [0.25, 0.3) is 5.91 Å². The molecule has 0 saturated carbocycles. The molecule has 0 spiro atoms. The number of amides is 1. The molecule has 6 nitrogen and oxygen atoms in total. The standard InChI is InChI=1S/C27H24Cl2FN3O3/c1-18-24(17-32(14-15-35-2)26(34)23-8-3-4-9-25(23)29)27(36-22-7-5-6-20(30)16-22)33(31-18)21-12-10-19(28)11-13-21/h3-13,16H,14-15,17H2,1-2H3. The van der Waals surface area contributed by atoms with Crippen LogP contribution in [0.25, 0.3) is 5.69 Å². The van der Waals surface area contributed by atoms with Crippen molar-refractivity contribution in [3.05, 3.63) is 105 Å². The molecule has 186 valence electrons. The van der Waals surface area contributed by atoms with Crippen molar-refractivity contribution in [2.75, 3.05) is 20.3 Å². The maximum Gasteiger partial charge on any atom is 0.255 e. The molecular weight excluding hydrogens is 504 g/mol. The van der Waals surface area contributed by atoms with E-state index >= 15 is 0 Å². The van der Waals surface area contributed by atoms with Crippen molar-refractivity contribution in [1.82, 2.24) is 14.7 Å². The lowest BCUT2D eigenvalue weighted by molar-refractivity contribution is 0.0679. The highest BCUT2D eigenvalue weighted by molar-refractivity contribution is 6.33. The number of methoxy groups -OCH3 is 1. The molecule has 0 unspecified atom stereocenters. The van der Waals surface area contributed by atoms with Crippen LogP contribution in [0.5, 0.6) is 11.6 Å². The molecule has 0 aliphatic rings. The van der Waals surface area contributed by atoms with Crippen LogP contribution < -0.4 is 4.74 Å². The Morgan fingerprint density at radius 1 is 1.06 bits per heavy atom. The summed E-state index contributed by atoms with van der Waals surface area (Å²) in [5.74, 6) is -0.0334. The molecule has 1 aromatic heterocycles. The Kier molecular flexibility index (Phi) is 8.25. The van der Waals surface area contributed by atoms with Gasteiger partial charge in [0.05, 0.1) is 40.7 Å². The number of carbonyl (C=O) groups excluding carboxylic acids is 1. The van der Waals surface area contributed by atoms with Crippen LogP contribution in [0.4, 0.5) is 4.39 Å². The van der Waals surface area contributed by atoms with E-state index < -0.39 is 5.82 Å². The van der Waals surface area contributed by atoms with Crippen molar-refractivity contribution >= 4 is 29.1 Å². The minimum Gasteiger partial charge on any atom is -0.438 e. The van der Waals surface area contributed by atoms with Gasteiger partial charge in [-0.05, 0) is 55.5 Å². The topological polar surface area (TPSA) is 56.6 Å². The Labute approximate surface area is 218 Å². The molecule has 0 atom stereocenters. The van der Waals surface area contributed by atoms with Gasteiger partial charge in [-0.1, -0.05) is 41.4 Å². The molecule has 9 heteroatoms. The van der Waals surface area contributed by atoms with Crippen LogP contribution >= 0.6 is 23.2 Å². The molecule has 0 radical (unpaired) electrons. The molecule has 4 rings (SSSR count). The second-order valence-corrected chi connectivity index (χ2v) is 8.86. The number of hydrogen-bond acceptors (Lipinski definition) is 4. The van der Waals surface area contributed by atoms with Gasteiger partial charge in [-0.25, -0.2) is 9.07 Å². The highest BCUT2D eigenvalue weighted by atomic mass is 35.5. The number of rotatable bonds is 9. The first-order valence-electron chi connectivity index (χ1n) is 11.2. The van der Waals surface area contributed by atoms with Gasteiger partial charge >= 0.3 is 0 Å². The monoisotopic (exact) mass is 527 g/mol. The number of nitrogens with zero attached hydrogens (tertiary/aromatic N) is 3. The van der Waals surface area contributed by atoms with Crippen molar-refractivity contribution < 1.29 is 18.7 Å². The molecule has 0 aliphatic carbocycles. The maximum absolute atomic E-state index is 13.9. The number of halogens is 3. The van der Waals surface area contributed by atoms with E-state index in [2.05, 4.69) is 5.10 Å². The van der Waals surface area contributed by atoms with Gasteiger partial charge in [-0.2, -0.15) is 5.10 Å². The molecular formula is C27H24Cl2FN3O3. The number of aromatic nitrogens is 2. The molecule has 0 bridgehead atoms. The van der Waals surface area contributed by atoms with E-state index in [0.717, 1.165) is 0 Å². The maximum atomic E-state index is 13.9. The average Bonchev–Trinajstić information content (AvgIpc) is 3.16. The summed E-state index contributed by atoms with van der Waals surface area (Å²) in [7, 11) is 1.57. The highest BCUT2D eigenvalue weighted by Crippen LogP contribution is 2.33. The Morgan fingerprint density at radius 3 is 2.50 bits per heavy atom. The van der Waals surface area contributed by atoms with Crippen molar-refractivity contribution in [1.29, 1.82) is 0 Å². The summed E-state index contributed by atoms with van der Waals surface area (Å²) < 4.78 is 27.0. The number of benzene rings is 3. The zero-order valence-electron chi connectivity index (χ0n) is 19.7. The molecule has 0 fully saturated rings. The number of hydrogen-bond donors (Lipinski definition) is 0. The van der Waals surface area contributed by atoms with Crippen molar-refractivity contribution in [3.63, 3.8) is 0 Å². The average molecular weight is 528 g/mol. The van der Waals surface area contributed by atoms with Gasteiger partial charge in [0.1, 0.15) is 11.6 Å². The smallest absolute Gasteiger partial charge is 0.255 e. The van der Waals surface area contributed by atoms with Gasteiger partial charge in [0.2, 0.25) is 5.88 Å². The minimum absolute atomic E-state index is 0.164. The van der Waals surface area contributed by atoms with Gasteiger partial charge in [0.15, 0.2) is 0 Å². The lowest BCUT2D eigenvalue weighted by Crippen LogP contribution is -2.34. The van der Waals surface area contributed by atoms with Gasteiger partial charge in [-0.15, -0.1) is 0 Å². The summed E-state index contributed by atoms with van der Waals surface area (Å²) in [6.07, 6.45) is 0. The Bertz CT molecular complexity index is 1360. The quantitative estimate of drug-likeness (QED) is 0.242. The Balaban J connectivity index is 1.78. The molecule has 0 N–H and O–H groups in total. The molecule has 3 aromatic carbocycles. The molecule has 0 aliphatic heterocycles. The van der Waals surface area contributed by atoms with Crippen LogP contribution in [0.3, 0.4) is 0 Å². The van der Waals surface area contributed by atoms with Crippen LogP contribution in [0.2, 0.25) is 10.0 Å². The van der Waals surface area contributed by atoms with E-state index in [-0.39, 0.29) is 12.5 Å². The normalized spacial score (nSPS) is 10.9. The summed E-state index contributed by atoms with van der Waals surface area (Å²) in [5.41, 5.74) is 2.38. The third-order valence-corrected chi connectivity index (χ3v) is 6.11. The second-order valence-electron chi connectivity index (χ2n) is 8.02. The largest absolute Gasteiger partial charge is 0.438 e. The van der Waals surface area contributed by atoms with Crippen LogP contribution in [0, 0.1) is 12.7 Å². The lowest BCUT2D eigenvalue weighted by Gasteiger charge is -2.23. The fourth-order valence-electron chi connectivity index (χ4n) is 3.67. The Morgan fingerprint density at radius 2 is 1.81 bits per heavy atom. The van der Waals surface area contributed by atoms with E-state index in [1.807, 2.05) is 6.92 Å². The van der Waals surface area contributed by atoms with E-state index in [4.69, 9.17) is 32.7 Å². The van der Waals surface area contributed by atoms with Crippen LogP contribution in [0.1, 0.15) is 21.6 Å². The van der Waals surface area contributed by atoms with E-state index in [1.165, 1.54) is 12.1 Å². The van der Waals surface area contributed by atoms with E-state index in [1.54, 1.807) is 77.4 Å². The van der Waals surface area contributed by atoms with Crippen molar-refractivity contribution in [3.8, 4) is 17.3 Å². The SMILES string of the molecule is COCCN(Cc1c(C)nn(-c2ccc(Cl)cc2)c1Oc1cccc(F)c1)C(=O)c1ccccc1Cl. The predicted octanol–water partition coefficient (Wildman–Crippen LogP) is 6.71. The van der Waals surface area contributed by atoms with Crippen molar-refractivity contribution in [2.45, 2.75) is 13.5 Å². The molecule has 36 heavy (non-hydrogen) atoms. The first kappa shape index (κ1) is 25.7. The molecule has 1 amide bonds. The van der Waals surface area contributed by atoms with E-state index in [0.29, 0.717) is 57.3 Å². The summed E-state index contributed by atoms with van der Waals surface area (Å²) in [4.78, 5) is 15.1. The first-order valence-corrected chi connectivity index (χ1v) is 11.9. The fraction of sp³-hybridized carbons (Fsp3) is 0.185. The fourth-order valence-corrected chi connectivity index (χ4v) is 4.02. The summed E-state index contributed by atoms with van der Waals surface area (Å²) in [6, 6.07) is 19.8.